The summed E-state index contributed by atoms with van der Waals surface area (Å²) in [5, 5.41) is 4.56. The first-order valence-corrected chi connectivity index (χ1v) is 10.2. The summed E-state index contributed by atoms with van der Waals surface area (Å²) in [5.74, 6) is 0.749. The lowest BCUT2D eigenvalue weighted by atomic mass is 9.94. The van der Waals surface area contributed by atoms with Crippen molar-refractivity contribution in [2.24, 2.45) is 5.92 Å². The molecular weight excluding hydrogens is 336 g/mol. The van der Waals surface area contributed by atoms with E-state index in [1.807, 2.05) is 18.5 Å². The lowest BCUT2D eigenvalue weighted by Gasteiger charge is -2.36. The fourth-order valence-electron chi connectivity index (χ4n) is 4.86. The van der Waals surface area contributed by atoms with Gasteiger partial charge < -0.3 is 4.90 Å². The molecule has 5 rings (SSSR count). The van der Waals surface area contributed by atoms with Crippen LogP contribution in [0.15, 0.2) is 30.3 Å². The molecule has 0 spiro atoms. The molecule has 3 aliphatic heterocycles. The molecule has 0 saturated carbocycles. The zero-order chi connectivity index (χ0) is 19.0. The summed E-state index contributed by atoms with van der Waals surface area (Å²) < 4.78 is 1.94. The Morgan fingerprint density at radius 1 is 1.11 bits per heavy atom. The van der Waals surface area contributed by atoms with Crippen molar-refractivity contribution < 1.29 is 4.79 Å². The van der Waals surface area contributed by atoms with E-state index >= 15 is 0 Å². The molecule has 3 fully saturated rings. The Hall–Kier alpha value is -2.14. The molecule has 3 aliphatic rings. The number of carbonyl (C=O) groups excluding carboxylic acids is 1. The average molecular weight is 367 g/mol. The molecule has 0 N–H and O–H groups in total. The number of hydrogen-bond donors (Lipinski definition) is 0. The van der Waals surface area contributed by atoms with Crippen molar-refractivity contribution in [2.45, 2.75) is 52.7 Å². The van der Waals surface area contributed by atoms with Crippen molar-refractivity contribution in [2.75, 3.05) is 19.6 Å². The SMILES string of the molecule is CCn1nc(C)c(C(=O)N2C[C@H]3CC[C@@H]2CN(Cc2ccccc2)C3)c1C. The third kappa shape index (κ3) is 3.53. The van der Waals surface area contributed by atoms with Crippen molar-refractivity contribution in [3.63, 3.8) is 0 Å². The van der Waals surface area contributed by atoms with Crippen molar-refractivity contribution in [1.82, 2.24) is 19.6 Å². The van der Waals surface area contributed by atoms with Gasteiger partial charge in [-0.3, -0.25) is 14.4 Å². The smallest absolute Gasteiger partial charge is 0.257 e. The number of hydrogen-bond acceptors (Lipinski definition) is 3. The van der Waals surface area contributed by atoms with Crippen molar-refractivity contribution in [1.29, 1.82) is 0 Å². The van der Waals surface area contributed by atoms with Gasteiger partial charge in [0.15, 0.2) is 0 Å². The fourth-order valence-corrected chi connectivity index (χ4v) is 4.86. The molecular formula is C22H30N4O. The summed E-state index contributed by atoms with van der Waals surface area (Å²) in [7, 11) is 0. The lowest BCUT2D eigenvalue weighted by molar-refractivity contribution is 0.0583. The summed E-state index contributed by atoms with van der Waals surface area (Å²) in [6.07, 6.45) is 2.34. The Balaban J connectivity index is 1.54. The number of rotatable bonds is 4. The number of aryl methyl sites for hydroxylation is 2. The summed E-state index contributed by atoms with van der Waals surface area (Å²) in [6.45, 7) is 10.8. The minimum atomic E-state index is 0.181. The van der Waals surface area contributed by atoms with Crippen LogP contribution in [0.3, 0.4) is 0 Å². The lowest BCUT2D eigenvalue weighted by Crippen LogP contribution is -2.47. The number of carbonyl (C=O) groups is 1. The van der Waals surface area contributed by atoms with Crippen molar-refractivity contribution >= 4 is 5.91 Å². The normalized spacial score (nSPS) is 22.9. The van der Waals surface area contributed by atoms with Gasteiger partial charge in [0, 0.05) is 44.5 Å². The van der Waals surface area contributed by atoms with Gasteiger partial charge in [-0.05, 0) is 45.1 Å². The summed E-state index contributed by atoms with van der Waals surface area (Å²) in [4.78, 5) is 18.1. The van der Waals surface area contributed by atoms with Crippen LogP contribution in [0.4, 0.5) is 0 Å². The van der Waals surface area contributed by atoms with E-state index < -0.39 is 0 Å². The third-order valence-electron chi connectivity index (χ3n) is 6.19. The Labute approximate surface area is 162 Å². The Morgan fingerprint density at radius 2 is 1.89 bits per heavy atom. The standard InChI is InChI=1S/C22H30N4O/c1-4-26-17(3)21(16(2)23-26)22(27)25-14-19-10-11-20(25)15-24(13-19)12-18-8-6-5-7-9-18/h5-9,19-20H,4,10-15H2,1-3H3/t19-,20+/m0/s1. The van der Waals surface area contributed by atoms with Crippen LogP contribution in [0.5, 0.6) is 0 Å². The minimum absolute atomic E-state index is 0.181. The maximum absolute atomic E-state index is 13.4. The molecule has 3 saturated heterocycles. The van der Waals surface area contributed by atoms with Crippen LogP contribution in [-0.2, 0) is 13.1 Å². The van der Waals surface area contributed by atoms with Gasteiger partial charge in [0.2, 0.25) is 0 Å². The summed E-state index contributed by atoms with van der Waals surface area (Å²) in [5.41, 5.74) is 4.04. The largest absolute Gasteiger partial charge is 0.334 e. The molecule has 0 radical (unpaired) electrons. The predicted molar refractivity (Wildman–Crippen MR) is 107 cm³/mol. The third-order valence-corrected chi connectivity index (χ3v) is 6.19. The van der Waals surface area contributed by atoms with Crippen molar-refractivity contribution in [3.05, 3.63) is 52.8 Å². The first kappa shape index (κ1) is 18.2. The van der Waals surface area contributed by atoms with Gasteiger partial charge >= 0.3 is 0 Å². The van der Waals surface area contributed by atoms with Gasteiger partial charge in [-0.15, -0.1) is 0 Å². The number of fused-ring (bicyclic) bond motifs is 4. The first-order valence-electron chi connectivity index (χ1n) is 10.2. The Kier molecular flexibility index (Phi) is 5.04. The van der Waals surface area contributed by atoms with E-state index in [0.717, 1.165) is 56.1 Å². The number of nitrogens with zero attached hydrogens (tertiary/aromatic N) is 4. The van der Waals surface area contributed by atoms with Crippen LogP contribution >= 0.6 is 0 Å². The van der Waals surface area contributed by atoms with E-state index in [2.05, 4.69) is 52.2 Å². The zero-order valence-corrected chi connectivity index (χ0v) is 16.7. The summed E-state index contributed by atoms with van der Waals surface area (Å²) in [6, 6.07) is 11.0. The fraction of sp³-hybridized carbons (Fsp3) is 0.545. The number of aromatic nitrogens is 2. The molecule has 2 bridgehead atoms. The molecule has 5 heteroatoms. The highest BCUT2D eigenvalue weighted by Crippen LogP contribution is 2.31. The van der Waals surface area contributed by atoms with Gasteiger partial charge in [0.1, 0.15) is 0 Å². The second-order valence-electron chi connectivity index (χ2n) is 8.10. The minimum Gasteiger partial charge on any atom is -0.334 e. The topological polar surface area (TPSA) is 41.4 Å². The quantitative estimate of drug-likeness (QED) is 0.834. The molecule has 1 aromatic carbocycles. The second-order valence-corrected chi connectivity index (χ2v) is 8.10. The molecule has 5 nitrogen and oxygen atoms in total. The van der Waals surface area contributed by atoms with E-state index in [4.69, 9.17) is 0 Å². The summed E-state index contributed by atoms with van der Waals surface area (Å²) >= 11 is 0. The molecule has 27 heavy (non-hydrogen) atoms. The van der Waals surface area contributed by atoms with Crippen LogP contribution in [0.2, 0.25) is 0 Å². The van der Waals surface area contributed by atoms with E-state index in [1.54, 1.807) is 0 Å². The van der Waals surface area contributed by atoms with E-state index in [-0.39, 0.29) is 5.91 Å². The van der Waals surface area contributed by atoms with Gasteiger partial charge in [-0.2, -0.15) is 5.10 Å². The van der Waals surface area contributed by atoms with Gasteiger partial charge in [-0.25, -0.2) is 0 Å². The molecule has 1 amide bonds. The molecule has 0 aliphatic carbocycles. The Bertz CT molecular complexity index is 813. The highest BCUT2D eigenvalue weighted by atomic mass is 16.2. The highest BCUT2D eigenvalue weighted by Gasteiger charge is 2.38. The van der Waals surface area contributed by atoms with Crippen LogP contribution < -0.4 is 0 Å². The monoisotopic (exact) mass is 366 g/mol. The Morgan fingerprint density at radius 3 is 2.59 bits per heavy atom. The maximum atomic E-state index is 13.4. The first-order chi connectivity index (χ1) is 13.1. The van der Waals surface area contributed by atoms with Crippen LogP contribution in [-0.4, -0.2) is 51.2 Å². The number of benzene rings is 1. The van der Waals surface area contributed by atoms with E-state index in [9.17, 15) is 4.79 Å². The number of piperidine rings is 1. The van der Waals surface area contributed by atoms with Crippen LogP contribution in [0, 0.1) is 19.8 Å². The highest BCUT2D eigenvalue weighted by molar-refractivity contribution is 5.96. The zero-order valence-electron chi connectivity index (χ0n) is 16.7. The molecule has 4 heterocycles. The average Bonchev–Trinajstić information content (AvgIpc) is 2.82. The second kappa shape index (κ2) is 7.47. The van der Waals surface area contributed by atoms with Crippen molar-refractivity contribution in [3.8, 4) is 0 Å². The van der Waals surface area contributed by atoms with Gasteiger partial charge in [0.05, 0.1) is 11.3 Å². The molecule has 144 valence electrons. The predicted octanol–water partition coefficient (Wildman–Crippen LogP) is 3.26. The number of amides is 1. The molecule has 1 aromatic heterocycles. The molecule has 0 unspecified atom stereocenters. The van der Waals surface area contributed by atoms with Gasteiger partial charge in [0.25, 0.3) is 5.91 Å². The van der Waals surface area contributed by atoms with Crippen LogP contribution in [0.25, 0.3) is 0 Å². The van der Waals surface area contributed by atoms with E-state index in [1.165, 1.54) is 12.0 Å². The maximum Gasteiger partial charge on any atom is 0.257 e. The van der Waals surface area contributed by atoms with Gasteiger partial charge in [-0.1, -0.05) is 30.3 Å². The molecule has 2 atom stereocenters. The van der Waals surface area contributed by atoms with E-state index in [0.29, 0.717) is 12.0 Å². The molecule has 2 aromatic rings. The van der Waals surface area contributed by atoms with Crippen LogP contribution in [0.1, 0.15) is 47.1 Å².